The first-order valence-electron chi connectivity index (χ1n) is 12.8. The van der Waals surface area contributed by atoms with E-state index in [1.807, 2.05) is 41.5 Å². The van der Waals surface area contributed by atoms with Crippen LogP contribution in [-0.2, 0) is 20.7 Å². The molecule has 216 valence electrons. The van der Waals surface area contributed by atoms with E-state index in [1.54, 1.807) is 24.3 Å². The van der Waals surface area contributed by atoms with Gasteiger partial charge < -0.3 is 20.4 Å². The first kappa shape index (κ1) is 30.6. The number of phenols is 4. The van der Waals surface area contributed by atoms with Crippen LogP contribution in [0.25, 0.3) is 22.3 Å². The minimum atomic E-state index is -4.52. The van der Waals surface area contributed by atoms with Gasteiger partial charge in [0.05, 0.1) is 19.8 Å². The van der Waals surface area contributed by atoms with Crippen molar-refractivity contribution < 1.29 is 28.8 Å². The molecule has 6 nitrogen and oxygen atoms in total. The molecule has 0 aromatic heterocycles. The number of hydrogen-bond donors (Lipinski definition) is 4. The van der Waals surface area contributed by atoms with Gasteiger partial charge in [0.25, 0.3) is 0 Å². The molecule has 0 aliphatic rings. The second-order valence-electron chi connectivity index (χ2n) is 12.0. The molecule has 0 radical (unpaired) electrons. The number of aromatic hydroxyl groups is 4. The molecule has 9 heteroatoms. The van der Waals surface area contributed by atoms with Crippen molar-refractivity contribution in [3.63, 3.8) is 0 Å². The Kier molecular flexibility index (Phi) is 7.80. The van der Waals surface area contributed by atoms with Crippen molar-refractivity contribution in [2.45, 2.75) is 62.2 Å². The van der Waals surface area contributed by atoms with Gasteiger partial charge in [-0.3, -0.25) is 0 Å². The van der Waals surface area contributed by atoms with Crippen LogP contribution in [0.5, 0.6) is 23.0 Å². The Bertz CT molecular complexity index is 1660. The molecule has 4 rings (SSSR count). The lowest BCUT2D eigenvalue weighted by Gasteiger charge is -2.23. The average Bonchev–Trinajstić information content (AvgIpc) is 2.86. The van der Waals surface area contributed by atoms with Gasteiger partial charge in [0.2, 0.25) is 9.84 Å². The highest BCUT2D eigenvalue weighted by molar-refractivity contribution is 7.91. The number of hydrogen-bond acceptors (Lipinski definition) is 6. The summed E-state index contributed by atoms with van der Waals surface area (Å²) in [4.78, 5) is -0.618. The predicted molar refractivity (Wildman–Crippen MR) is 163 cm³/mol. The van der Waals surface area contributed by atoms with Crippen LogP contribution in [0.2, 0.25) is 10.0 Å². The SMILES string of the molecule is CC(C)(C)c1ccc(O)c(-c2c(S(=O)(=O)c3ccc(O)c(Cl)c3-c3cc(C(C)(C)C)ccc3O)ccc(O)c2Cl)c1. The van der Waals surface area contributed by atoms with Gasteiger partial charge in [-0.25, -0.2) is 8.42 Å². The molecule has 0 spiro atoms. The maximum Gasteiger partial charge on any atom is 0.207 e. The third-order valence-electron chi connectivity index (χ3n) is 7.01. The Labute approximate surface area is 250 Å². The number of phenolic OH excluding ortho intramolecular Hbond substituents is 4. The lowest BCUT2D eigenvalue weighted by Crippen LogP contribution is -2.12. The molecule has 41 heavy (non-hydrogen) atoms. The molecule has 0 aliphatic carbocycles. The minimum absolute atomic E-state index is 0.0990. The molecule has 4 N–H and O–H groups in total. The summed E-state index contributed by atoms with van der Waals surface area (Å²) in [5, 5.41) is 42.2. The molecule has 0 amide bonds. The van der Waals surface area contributed by atoms with Crippen molar-refractivity contribution in [2.75, 3.05) is 0 Å². The summed E-state index contributed by atoms with van der Waals surface area (Å²) in [6.45, 7) is 11.8. The maximum absolute atomic E-state index is 14.5. The van der Waals surface area contributed by atoms with Crippen molar-refractivity contribution >= 4 is 33.0 Å². The lowest BCUT2D eigenvalue weighted by molar-refractivity contribution is 0.472. The van der Waals surface area contributed by atoms with Crippen LogP contribution in [0.15, 0.2) is 70.5 Å². The fourth-order valence-corrected chi connectivity index (χ4v) is 6.91. The Hall–Kier alpha value is -3.39. The second-order valence-corrected chi connectivity index (χ2v) is 14.7. The van der Waals surface area contributed by atoms with E-state index in [1.165, 1.54) is 24.3 Å². The molecule has 4 aromatic carbocycles. The largest absolute Gasteiger partial charge is 0.507 e. The molecule has 0 fully saturated rings. The lowest BCUT2D eigenvalue weighted by atomic mass is 9.85. The first-order valence-corrected chi connectivity index (χ1v) is 15.1. The number of sulfone groups is 1. The predicted octanol–water partition coefficient (Wildman–Crippen LogP) is 8.58. The molecule has 0 unspecified atom stereocenters. The zero-order valence-electron chi connectivity index (χ0n) is 23.5. The summed E-state index contributed by atoms with van der Waals surface area (Å²) in [5.74, 6) is -1.22. The molecule has 0 bridgehead atoms. The topological polar surface area (TPSA) is 115 Å². The van der Waals surface area contributed by atoms with E-state index >= 15 is 0 Å². The zero-order valence-corrected chi connectivity index (χ0v) is 25.9. The van der Waals surface area contributed by atoms with Crippen LogP contribution < -0.4 is 0 Å². The Morgan fingerprint density at radius 2 is 0.854 bits per heavy atom. The molecule has 4 aromatic rings. The van der Waals surface area contributed by atoms with Crippen molar-refractivity contribution in [3.8, 4) is 45.3 Å². The van der Waals surface area contributed by atoms with Crippen molar-refractivity contribution in [1.29, 1.82) is 0 Å². The van der Waals surface area contributed by atoms with Gasteiger partial charge in [-0.15, -0.1) is 0 Å². The van der Waals surface area contributed by atoms with E-state index in [2.05, 4.69) is 0 Å². The van der Waals surface area contributed by atoms with Crippen molar-refractivity contribution in [3.05, 3.63) is 81.8 Å². The normalized spacial score (nSPS) is 12.5. The summed E-state index contributed by atoms with van der Waals surface area (Å²) >= 11 is 13.1. The van der Waals surface area contributed by atoms with E-state index in [-0.39, 0.29) is 75.9 Å². The quantitative estimate of drug-likeness (QED) is 0.183. The van der Waals surface area contributed by atoms with E-state index in [4.69, 9.17) is 23.2 Å². The molecule has 0 saturated heterocycles. The van der Waals surface area contributed by atoms with Gasteiger partial charge in [-0.05, 0) is 70.5 Å². The third-order valence-corrected chi connectivity index (χ3v) is 9.61. The summed E-state index contributed by atoms with van der Waals surface area (Å²) in [6.07, 6.45) is 0. The van der Waals surface area contributed by atoms with Crippen LogP contribution in [0.1, 0.15) is 52.7 Å². The molecule has 0 aliphatic heterocycles. The van der Waals surface area contributed by atoms with Gasteiger partial charge >= 0.3 is 0 Å². The van der Waals surface area contributed by atoms with E-state index in [0.717, 1.165) is 23.3 Å². The average molecular weight is 616 g/mol. The Morgan fingerprint density at radius 1 is 0.537 bits per heavy atom. The molecule has 0 heterocycles. The van der Waals surface area contributed by atoms with Gasteiger partial charge in [0.15, 0.2) is 0 Å². The smallest absolute Gasteiger partial charge is 0.207 e. The highest BCUT2D eigenvalue weighted by atomic mass is 35.5. The van der Waals surface area contributed by atoms with Gasteiger partial charge in [-0.2, -0.15) is 0 Å². The minimum Gasteiger partial charge on any atom is -0.507 e. The van der Waals surface area contributed by atoms with Gasteiger partial charge in [0, 0.05) is 22.3 Å². The van der Waals surface area contributed by atoms with Gasteiger partial charge in [-0.1, -0.05) is 76.9 Å². The van der Waals surface area contributed by atoms with Crippen LogP contribution in [0.3, 0.4) is 0 Å². The van der Waals surface area contributed by atoms with E-state index in [9.17, 15) is 28.8 Å². The summed E-state index contributed by atoms with van der Waals surface area (Å²) in [7, 11) is -4.52. The van der Waals surface area contributed by atoms with Crippen LogP contribution in [-0.4, -0.2) is 28.8 Å². The Morgan fingerprint density at radius 3 is 1.17 bits per heavy atom. The highest BCUT2D eigenvalue weighted by Crippen LogP contribution is 2.49. The molecular weight excluding hydrogens is 583 g/mol. The fraction of sp³-hybridized carbons (Fsp3) is 0.250. The van der Waals surface area contributed by atoms with Crippen LogP contribution in [0.4, 0.5) is 0 Å². The van der Waals surface area contributed by atoms with Crippen molar-refractivity contribution in [2.24, 2.45) is 0 Å². The summed E-state index contributed by atoms with van der Waals surface area (Å²) in [5.41, 5.74) is 0.921. The zero-order chi connectivity index (χ0) is 30.7. The first-order chi connectivity index (χ1) is 18.9. The summed E-state index contributed by atoms with van der Waals surface area (Å²) in [6, 6.07) is 14.3. The van der Waals surface area contributed by atoms with E-state index < -0.39 is 9.84 Å². The second kappa shape index (κ2) is 10.5. The maximum atomic E-state index is 14.5. The monoisotopic (exact) mass is 614 g/mol. The fourth-order valence-electron chi connectivity index (χ4n) is 4.57. The molecule has 0 atom stereocenters. The van der Waals surface area contributed by atoms with Crippen LogP contribution in [0, 0.1) is 0 Å². The Balaban J connectivity index is 2.10. The summed E-state index contributed by atoms with van der Waals surface area (Å²) < 4.78 is 29.0. The van der Waals surface area contributed by atoms with Crippen LogP contribution >= 0.6 is 23.2 Å². The number of halogens is 2. The number of benzene rings is 4. The third kappa shape index (κ3) is 5.59. The molecular formula is C32H32Cl2O6S. The standard InChI is InChI=1S/C32H32Cl2O6S/c1-31(2,3)17-7-9-21(35)19(15-17)27-25(13-11-23(37)29(27)33)41(39,40)26-14-12-24(38)30(34)28(26)20-16-18(32(4,5)6)8-10-22(20)36/h7-16,35-38H,1-6H3. The number of rotatable bonds is 4. The highest BCUT2D eigenvalue weighted by Gasteiger charge is 2.32. The molecule has 0 saturated carbocycles. The van der Waals surface area contributed by atoms with Crippen molar-refractivity contribution in [1.82, 2.24) is 0 Å². The van der Waals surface area contributed by atoms with E-state index in [0.29, 0.717) is 0 Å². The van der Waals surface area contributed by atoms with Gasteiger partial charge in [0.1, 0.15) is 23.0 Å².